The van der Waals surface area contributed by atoms with Gasteiger partial charge in [-0.1, -0.05) is 91.9 Å². The van der Waals surface area contributed by atoms with Crippen LogP contribution in [0.25, 0.3) is 0 Å². The van der Waals surface area contributed by atoms with E-state index in [0.29, 0.717) is 19.3 Å². The third-order valence-corrected chi connectivity index (χ3v) is 6.92. The molecule has 36 heavy (non-hydrogen) atoms. The van der Waals surface area contributed by atoms with Crippen LogP contribution in [0.15, 0.2) is 85.0 Å². The lowest BCUT2D eigenvalue weighted by molar-refractivity contribution is -0.142. The maximum Gasteiger partial charge on any atom is 0.250 e. The molecule has 1 saturated heterocycles. The summed E-state index contributed by atoms with van der Waals surface area (Å²) in [5.74, 6) is -0.709. The van der Waals surface area contributed by atoms with E-state index < -0.39 is 18.1 Å². The van der Waals surface area contributed by atoms with Crippen molar-refractivity contribution >= 4 is 17.7 Å². The molecule has 0 aliphatic carbocycles. The number of fused-ring (bicyclic) bond motifs is 1. The minimum Gasteiger partial charge on any atom is -0.343 e. The Morgan fingerprint density at radius 1 is 0.944 bits per heavy atom. The van der Waals surface area contributed by atoms with Gasteiger partial charge >= 0.3 is 0 Å². The molecule has 0 spiro atoms. The van der Waals surface area contributed by atoms with Gasteiger partial charge in [0.2, 0.25) is 17.7 Å². The Bertz CT molecular complexity index is 1070. The molecular weight excluding hydrogens is 452 g/mol. The van der Waals surface area contributed by atoms with E-state index >= 15 is 0 Å². The van der Waals surface area contributed by atoms with Gasteiger partial charge in [-0.15, -0.1) is 0 Å². The third-order valence-electron chi connectivity index (χ3n) is 6.92. The first-order valence-electron chi connectivity index (χ1n) is 12.6. The first-order chi connectivity index (χ1) is 17.5. The quantitative estimate of drug-likeness (QED) is 0.535. The molecule has 2 aliphatic heterocycles. The summed E-state index contributed by atoms with van der Waals surface area (Å²) >= 11 is 0. The van der Waals surface area contributed by atoms with Gasteiger partial charge < -0.3 is 20.9 Å². The van der Waals surface area contributed by atoms with Crippen molar-refractivity contribution in [3.8, 4) is 0 Å². The Morgan fingerprint density at radius 3 is 2.14 bits per heavy atom. The van der Waals surface area contributed by atoms with E-state index in [1.807, 2.05) is 79.7 Å². The minimum absolute atomic E-state index is 0.198. The normalized spacial score (nSPS) is 23.8. The molecule has 3 N–H and O–H groups in total. The number of rotatable bonds is 8. The van der Waals surface area contributed by atoms with E-state index in [1.165, 1.54) is 0 Å². The summed E-state index contributed by atoms with van der Waals surface area (Å²) in [6.07, 6.45) is 9.14. The molecule has 7 heteroatoms. The molecule has 2 aromatic rings. The van der Waals surface area contributed by atoms with Crippen LogP contribution < -0.4 is 16.0 Å². The Balaban J connectivity index is 1.57. The third kappa shape index (κ3) is 5.57. The Kier molecular flexibility index (Phi) is 8.33. The molecule has 0 radical (unpaired) electrons. The van der Waals surface area contributed by atoms with E-state index in [0.717, 1.165) is 11.1 Å². The van der Waals surface area contributed by atoms with Crippen LogP contribution >= 0.6 is 0 Å². The van der Waals surface area contributed by atoms with Gasteiger partial charge in [0.05, 0.1) is 18.1 Å². The zero-order valence-electron chi connectivity index (χ0n) is 20.8. The zero-order valence-corrected chi connectivity index (χ0v) is 20.8. The van der Waals surface area contributed by atoms with E-state index in [9.17, 15) is 14.4 Å². The summed E-state index contributed by atoms with van der Waals surface area (Å²) in [4.78, 5) is 41.7. The Hall–Kier alpha value is -3.71. The van der Waals surface area contributed by atoms with Crippen molar-refractivity contribution in [2.75, 3.05) is 7.05 Å². The molecule has 1 fully saturated rings. The average Bonchev–Trinajstić information content (AvgIpc) is 3.33. The first kappa shape index (κ1) is 25.4. The highest BCUT2D eigenvalue weighted by Gasteiger charge is 2.43. The second kappa shape index (κ2) is 11.8. The number of amides is 3. The molecule has 7 nitrogen and oxygen atoms in total. The van der Waals surface area contributed by atoms with Crippen LogP contribution in [-0.4, -0.2) is 53.8 Å². The predicted octanol–water partition coefficient (Wildman–Crippen LogP) is 2.86. The second-order valence-corrected chi connectivity index (χ2v) is 9.17. The second-order valence-electron chi connectivity index (χ2n) is 9.17. The minimum atomic E-state index is -0.834. The number of allylic oxidation sites excluding steroid dienone is 2. The number of hydrogen-bond donors (Lipinski definition) is 3. The van der Waals surface area contributed by atoms with E-state index in [4.69, 9.17) is 0 Å². The highest BCUT2D eigenvalue weighted by Crippen LogP contribution is 2.29. The summed E-state index contributed by atoms with van der Waals surface area (Å²) < 4.78 is 0. The molecule has 2 aliphatic rings. The van der Waals surface area contributed by atoms with E-state index in [2.05, 4.69) is 16.0 Å². The number of carbonyl (C=O) groups excluding carboxylic acids is 3. The molecule has 3 amide bonds. The molecule has 0 saturated carbocycles. The van der Waals surface area contributed by atoms with Crippen LogP contribution in [0, 0.1) is 0 Å². The van der Waals surface area contributed by atoms with Crippen LogP contribution in [0.2, 0.25) is 0 Å². The highest BCUT2D eigenvalue weighted by molar-refractivity contribution is 5.95. The monoisotopic (exact) mass is 486 g/mol. The summed E-state index contributed by atoms with van der Waals surface area (Å²) in [6.45, 7) is 1.91. The standard InChI is InChI=1S/C29H34N4O3/c1-3-23(30-2)27(34)31-24-17-11-10-16-22-18-19-25(33(22)29(24)36)28(35)32-26(20-12-6-4-7-13-20)21-14-8-5-9-15-21/h4-17,22-26,30H,3,18-19H2,1-2H3,(H,31,34)(H,32,35)/b16-10+,17-11+/t22-,23-,24-,25-/m0/s1. The van der Waals surface area contributed by atoms with Gasteiger partial charge in [0, 0.05) is 0 Å². The number of carbonyl (C=O) groups is 3. The van der Waals surface area contributed by atoms with Gasteiger partial charge in [-0.25, -0.2) is 0 Å². The van der Waals surface area contributed by atoms with Crippen LogP contribution in [0.5, 0.6) is 0 Å². The zero-order chi connectivity index (χ0) is 25.5. The number of likely N-dealkylation sites (N-methyl/N-ethyl adjacent to an activating group) is 1. The van der Waals surface area contributed by atoms with Crippen LogP contribution in [0.4, 0.5) is 0 Å². The summed E-state index contributed by atoms with van der Waals surface area (Å²) in [6, 6.07) is 17.2. The highest BCUT2D eigenvalue weighted by atomic mass is 16.2. The Morgan fingerprint density at radius 2 is 1.56 bits per heavy atom. The SMILES string of the molecule is CC[C@H](NC)C(=O)N[C@H]1/C=C/C=C/[C@H]2CC[C@@H](C(=O)NC(c3ccccc3)c3ccccc3)N2C1=O. The topological polar surface area (TPSA) is 90.5 Å². The van der Waals surface area contributed by atoms with Gasteiger partial charge in [0.1, 0.15) is 12.1 Å². The van der Waals surface area contributed by atoms with Gasteiger partial charge in [-0.2, -0.15) is 0 Å². The maximum absolute atomic E-state index is 13.7. The largest absolute Gasteiger partial charge is 0.343 e. The molecule has 4 atom stereocenters. The molecule has 188 valence electrons. The fraction of sp³-hybridized carbons (Fsp3) is 0.345. The van der Waals surface area contributed by atoms with Crippen LogP contribution in [0.3, 0.4) is 0 Å². The van der Waals surface area contributed by atoms with Crippen molar-refractivity contribution in [1.29, 1.82) is 0 Å². The van der Waals surface area contributed by atoms with E-state index in [1.54, 1.807) is 24.1 Å². The van der Waals surface area contributed by atoms with E-state index in [-0.39, 0.29) is 29.8 Å². The molecule has 0 bridgehead atoms. The van der Waals surface area contributed by atoms with Gasteiger partial charge in [-0.3, -0.25) is 14.4 Å². The van der Waals surface area contributed by atoms with Crippen molar-refractivity contribution in [3.63, 3.8) is 0 Å². The predicted molar refractivity (Wildman–Crippen MR) is 140 cm³/mol. The lowest BCUT2D eigenvalue weighted by atomic mass is 9.98. The maximum atomic E-state index is 13.7. The fourth-order valence-corrected chi connectivity index (χ4v) is 4.98. The van der Waals surface area contributed by atoms with Crippen molar-refractivity contribution in [2.45, 2.75) is 56.4 Å². The van der Waals surface area contributed by atoms with Gasteiger partial charge in [0.25, 0.3) is 0 Å². The summed E-state index contributed by atoms with van der Waals surface area (Å²) in [5.41, 5.74) is 1.94. The number of benzene rings is 2. The van der Waals surface area contributed by atoms with Crippen LogP contribution in [0.1, 0.15) is 43.4 Å². The molecule has 0 aromatic heterocycles. The fourth-order valence-electron chi connectivity index (χ4n) is 4.98. The lowest BCUT2D eigenvalue weighted by Crippen LogP contribution is -2.57. The van der Waals surface area contributed by atoms with Gasteiger partial charge in [0.15, 0.2) is 0 Å². The number of nitrogens with zero attached hydrogens (tertiary/aromatic N) is 1. The van der Waals surface area contributed by atoms with Crippen molar-refractivity contribution in [2.24, 2.45) is 0 Å². The first-order valence-corrected chi connectivity index (χ1v) is 12.6. The molecule has 4 rings (SSSR count). The summed E-state index contributed by atoms with van der Waals surface area (Å²) in [7, 11) is 1.72. The lowest BCUT2D eigenvalue weighted by Gasteiger charge is -2.33. The van der Waals surface area contributed by atoms with Crippen molar-refractivity contribution in [3.05, 3.63) is 96.1 Å². The Labute approximate surface area is 212 Å². The molecule has 2 aromatic carbocycles. The molecule has 2 heterocycles. The van der Waals surface area contributed by atoms with Crippen molar-refractivity contribution < 1.29 is 14.4 Å². The van der Waals surface area contributed by atoms with Crippen LogP contribution in [-0.2, 0) is 14.4 Å². The van der Waals surface area contributed by atoms with Crippen molar-refractivity contribution in [1.82, 2.24) is 20.9 Å². The summed E-state index contributed by atoms with van der Waals surface area (Å²) in [5, 5.41) is 9.03. The number of nitrogens with one attached hydrogen (secondary N) is 3. The molecule has 0 unspecified atom stereocenters. The number of hydrogen-bond acceptors (Lipinski definition) is 4. The van der Waals surface area contributed by atoms with Gasteiger partial charge in [-0.05, 0) is 37.4 Å². The average molecular weight is 487 g/mol. The molecular formula is C29H34N4O3. The smallest absolute Gasteiger partial charge is 0.250 e.